The van der Waals surface area contributed by atoms with Crippen LogP contribution < -0.4 is 0 Å². The van der Waals surface area contributed by atoms with Crippen LogP contribution >= 0.6 is 21.6 Å². The van der Waals surface area contributed by atoms with Gasteiger partial charge in [-0.2, -0.15) is 0 Å². The first-order chi connectivity index (χ1) is 7.74. The highest BCUT2D eigenvalue weighted by Crippen LogP contribution is 2.36. The van der Waals surface area contributed by atoms with Crippen LogP contribution in [0.15, 0.2) is 41.5 Å². The smallest absolute Gasteiger partial charge is 0.0195 e. The molecule has 2 unspecified atom stereocenters. The van der Waals surface area contributed by atoms with Crippen molar-refractivity contribution in [2.45, 2.75) is 45.7 Å². The highest BCUT2D eigenvalue weighted by Gasteiger charge is 2.12. The minimum Gasteiger partial charge on any atom is -0.147 e. The lowest BCUT2D eigenvalue weighted by Crippen LogP contribution is -1.98. The summed E-state index contributed by atoms with van der Waals surface area (Å²) < 4.78 is 0. The molecule has 0 aliphatic carbocycles. The van der Waals surface area contributed by atoms with Crippen molar-refractivity contribution in [2.24, 2.45) is 0 Å². The van der Waals surface area contributed by atoms with Crippen LogP contribution in [-0.4, -0.2) is 0 Å². The number of benzene rings is 1. The molecule has 0 aliphatic heterocycles. The first-order valence-corrected chi connectivity index (χ1v) is 6.92. The number of hydrogen-bond acceptors (Lipinski definition) is 0. The SMILES string of the molecule is CCC(CC)=C(CC)C(P)c1ccccc1.Cl. The highest BCUT2D eigenvalue weighted by molar-refractivity contribution is 7.17. The molecule has 0 aromatic heterocycles. The molecule has 0 radical (unpaired) electrons. The molecule has 1 aromatic rings. The molecule has 0 spiro atoms. The predicted molar refractivity (Wildman–Crippen MR) is 84.0 cm³/mol. The van der Waals surface area contributed by atoms with Crippen molar-refractivity contribution in [3.05, 3.63) is 47.0 Å². The van der Waals surface area contributed by atoms with Crippen molar-refractivity contribution in [1.82, 2.24) is 0 Å². The summed E-state index contributed by atoms with van der Waals surface area (Å²) in [5.41, 5.74) is 5.11. The van der Waals surface area contributed by atoms with Crippen LogP contribution in [0.2, 0.25) is 0 Å². The zero-order chi connectivity index (χ0) is 12.0. The highest BCUT2D eigenvalue weighted by atomic mass is 35.5. The lowest BCUT2D eigenvalue weighted by molar-refractivity contribution is 0.868. The topological polar surface area (TPSA) is 0 Å². The van der Waals surface area contributed by atoms with Crippen LogP contribution in [0.1, 0.15) is 51.3 Å². The van der Waals surface area contributed by atoms with E-state index in [9.17, 15) is 0 Å². The molecule has 0 aliphatic rings. The van der Waals surface area contributed by atoms with Gasteiger partial charge < -0.3 is 0 Å². The van der Waals surface area contributed by atoms with E-state index in [2.05, 4.69) is 60.3 Å². The maximum Gasteiger partial charge on any atom is 0.0195 e. The Morgan fingerprint density at radius 1 is 1.00 bits per heavy atom. The molecule has 0 amide bonds. The Hall–Kier alpha value is -0.320. The maximum absolute atomic E-state index is 3.00. The van der Waals surface area contributed by atoms with Gasteiger partial charge in [0.1, 0.15) is 0 Å². The molecule has 0 heterocycles. The number of hydrogen-bond donors (Lipinski definition) is 0. The van der Waals surface area contributed by atoms with Gasteiger partial charge in [-0.05, 0) is 24.8 Å². The Labute approximate surface area is 115 Å². The summed E-state index contributed by atoms with van der Waals surface area (Å²) in [5.74, 6) is 0. The van der Waals surface area contributed by atoms with Gasteiger partial charge in [0.15, 0.2) is 0 Å². The average molecular weight is 271 g/mol. The summed E-state index contributed by atoms with van der Waals surface area (Å²) in [6, 6.07) is 10.8. The van der Waals surface area contributed by atoms with Crippen LogP contribution in [0.25, 0.3) is 0 Å². The van der Waals surface area contributed by atoms with E-state index in [1.54, 1.807) is 11.1 Å². The summed E-state index contributed by atoms with van der Waals surface area (Å²) in [7, 11) is 3.00. The largest absolute Gasteiger partial charge is 0.147 e. The Kier molecular flexibility index (Phi) is 8.56. The third kappa shape index (κ3) is 4.45. The molecule has 1 rings (SSSR count). The fourth-order valence-electron chi connectivity index (χ4n) is 2.26. The summed E-state index contributed by atoms with van der Waals surface area (Å²) in [6.45, 7) is 6.79. The molecule has 1 aromatic carbocycles. The third-order valence-corrected chi connectivity index (χ3v) is 4.01. The van der Waals surface area contributed by atoms with Crippen molar-refractivity contribution in [1.29, 1.82) is 0 Å². The molecule has 0 saturated carbocycles. The second kappa shape index (κ2) is 8.72. The van der Waals surface area contributed by atoms with Gasteiger partial charge in [0.25, 0.3) is 0 Å². The van der Waals surface area contributed by atoms with E-state index in [0.717, 1.165) is 6.42 Å². The van der Waals surface area contributed by atoms with E-state index in [4.69, 9.17) is 0 Å². The van der Waals surface area contributed by atoms with Gasteiger partial charge in [0.05, 0.1) is 0 Å². The quantitative estimate of drug-likeness (QED) is 0.486. The van der Waals surface area contributed by atoms with Crippen molar-refractivity contribution in [3.63, 3.8) is 0 Å². The first kappa shape index (κ1) is 16.7. The average Bonchev–Trinajstić information content (AvgIpc) is 2.36. The Balaban J connectivity index is 0.00000256. The molecular formula is C15H24ClP. The van der Waals surface area contributed by atoms with Crippen molar-refractivity contribution >= 4 is 21.6 Å². The van der Waals surface area contributed by atoms with E-state index < -0.39 is 0 Å². The van der Waals surface area contributed by atoms with Gasteiger partial charge in [0, 0.05) is 5.66 Å². The normalized spacial score (nSPS) is 11.5. The minimum absolute atomic E-state index is 0. The van der Waals surface area contributed by atoms with E-state index in [1.165, 1.54) is 18.4 Å². The zero-order valence-electron chi connectivity index (χ0n) is 11.1. The molecule has 2 heteroatoms. The van der Waals surface area contributed by atoms with E-state index in [0.29, 0.717) is 5.66 Å². The van der Waals surface area contributed by atoms with E-state index in [1.807, 2.05) is 0 Å². The van der Waals surface area contributed by atoms with Gasteiger partial charge in [0.2, 0.25) is 0 Å². The van der Waals surface area contributed by atoms with Crippen LogP contribution in [0.3, 0.4) is 0 Å². The van der Waals surface area contributed by atoms with Gasteiger partial charge in [-0.15, -0.1) is 21.6 Å². The molecular weight excluding hydrogens is 247 g/mol. The molecule has 0 saturated heterocycles. The summed E-state index contributed by atoms with van der Waals surface area (Å²) in [5, 5.41) is 0. The molecule has 0 fully saturated rings. The fraction of sp³-hybridized carbons (Fsp3) is 0.467. The van der Waals surface area contributed by atoms with Crippen molar-refractivity contribution < 1.29 is 0 Å². The predicted octanol–water partition coefficient (Wildman–Crippen LogP) is 5.55. The lowest BCUT2D eigenvalue weighted by atomic mass is 9.94. The Bertz CT molecular complexity index is 337. The second-order valence-corrected chi connectivity index (χ2v) is 4.74. The number of rotatable bonds is 5. The van der Waals surface area contributed by atoms with Crippen molar-refractivity contribution in [3.8, 4) is 0 Å². The molecule has 17 heavy (non-hydrogen) atoms. The van der Waals surface area contributed by atoms with Gasteiger partial charge in [-0.25, -0.2) is 0 Å². The zero-order valence-corrected chi connectivity index (χ0v) is 13.0. The standard InChI is InChI=1S/C15H23P.ClH/c1-4-12(5-2)14(6-3)15(16)13-10-8-7-9-11-13;/h7-11,15H,4-6,16H2,1-3H3;1H. The van der Waals surface area contributed by atoms with Gasteiger partial charge >= 0.3 is 0 Å². The van der Waals surface area contributed by atoms with Gasteiger partial charge in [-0.3, -0.25) is 0 Å². The maximum atomic E-state index is 3.00. The monoisotopic (exact) mass is 270 g/mol. The summed E-state index contributed by atoms with van der Waals surface area (Å²) in [4.78, 5) is 0. The molecule has 0 bridgehead atoms. The Morgan fingerprint density at radius 2 is 1.53 bits per heavy atom. The number of halogens is 1. The van der Waals surface area contributed by atoms with Crippen LogP contribution in [0.4, 0.5) is 0 Å². The summed E-state index contributed by atoms with van der Waals surface area (Å²) >= 11 is 0. The molecule has 96 valence electrons. The van der Waals surface area contributed by atoms with Crippen molar-refractivity contribution in [2.75, 3.05) is 0 Å². The summed E-state index contributed by atoms with van der Waals surface area (Å²) in [6.07, 6.45) is 3.51. The fourth-order valence-corrected chi connectivity index (χ4v) is 2.95. The second-order valence-electron chi connectivity index (χ2n) is 4.08. The minimum atomic E-state index is 0. The molecule has 0 nitrogen and oxygen atoms in total. The van der Waals surface area contributed by atoms with Crippen LogP contribution in [0.5, 0.6) is 0 Å². The molecule has 2 atom stereocenters. The van der Waals surface area contributed by atoms with E-state index in [-0.39, 0.29) is 12.4 Å². The first-order valence-electron chi connectivity index (χ1n) is 6.25. The number of allylic oxidation sites excluding steroid dienone is 2. The van der Waals surface area contributed by atoms with Gasteiger partial charge in [-0.1, -0.05) is 62.2 Å². The third-order valence-electron chi connectivity index (χ3n) is 3.22. The van der Waals surface area contributed by atoms with E-state index >= 15 is 0 Å². The lowest BCUT2D eigenvalue weighted by Gasteiger charge is -2.19. The van der Waals surface area contributed by atoms with Crippen LogP contribution in [0, 0.1) is 0 Å². The van der Waals surface area contributed by atoms with Crippen LogP contribution in [-0.2, 0) is 0 Å². The molecule has 0 N–H and O–H groups in total. The Morgan fingerprint density at radius 3 is 1.94 bits per heavy atom.